The van der Waals surface area contributed by atoms with E-state index in [-0.39, 0.29) is 39.8 Å². The van der Waals surface area contributed by atoms with Gasteiger partial charge in [-0.15, -0.1) is 0 Å². The Bertz CT molecular complexity index is 1360. The predicted octanol–water partition coefficient (Wildman–Crippen LogP) is 1.55. The first kappa shape index (κ1) is 22.0. The summed E-state index contributed by atoms with van der Waals surface area (Å²) in [6.07, 6.45) is 3.21. The van der Waals surface area contributed by atoms with E-state index in [9.17, 15) is 18.4 Å². The first-order valence-electron chi connectivity index (χ1n) is 10.1. The fraction of sp³-hybridized carbons (Fsp3) is 0.273. The number of fused-ring (bicyclic) bond motifs is 1. The summed E-state index contributed by atoms with van der Waals surface area (Å²) in [4.78, 5) is 29.8. The third-order valence-corrected chi connectivity index (χ3v) is 5.59. The van der Waals surface area contributed by atoms with Crippen molar-refractivity contribution < 1.29 is 18.4 Å². The van der Waals surface area contributed by atoms with E-state index in [1.165, 1.54) is 23.0 Å². The molecule has 0 saturated carbocycles. The van der Waals surface area contributed by atoms with Crippen LogP contribution >= 0.6 is 0 Å². The number of anilines is 1. The van der Waals surface area contributed by atoms with Gasteiger partial charge in [0.2, 0.25) is 5.91 Å². The number of amides is 2. The average Bonchev–Trinajstić information content (AvgIpc) is 3.51. The molecule has 1 unspecified atom stereocenters. The minimum absolute atomic E-state index is 0.0151. The van der Waals surface area contributed by atoms with Crippen molar-refractivity contribution in [2.75, 3.05) is 25.5 Å². The summed E-state index contributed by atoms with van der Waals surface area (Å²) >= 11 is 0. The van der Waals surface area contributed by atoms with Gasteiger partial charge in [-0.3, -0.25) is 9.59 Å². The van der Waals surface area contributed by atoms with Crippen LogP contribution in [0.25, 0.3) is 11.0 Å². The Hall–Kier alpha value is -4.20. The van der Waals surface area contributed by atoms with Crippen molar-refractivity contribution in [3.63, 3.8) is 0 Å². The van der Waals surface area contributed by atoms with Crippen LogP contribution in [0.15, 0.2) is 25.0 Å². The van der Waals surface area contributed by atoms with Crippen LogP contribution in [-0.4, -0.2) is 56.2 Å². The highest BCUT2D eigenvalue weighted by Crippen LogP contribution is 2.29. The van der Waals surface area contributed by atoms with Crippen LogP contribution in [-0.2, 0) is 11.8 Å². The van der Waals surface area contributed by atoms with Gasteiger partial charge in [0.1, 0.15) is 16.9 Å². The zero-order valence-electron chi connectivity index (χ0n) is 18.0. The van der Waals surface area contributed by atoms with Gasteiger partial charge in [-0.2, -0.15) is 5.10 Å². The number of nitrogens with one attached hydrogen (secondary N) is 1. The number of aryl methyl sites for hydroxylation is 1. The van der Waals surface area contributed by atoms with Gasteiger partial charge in [0.05, 0.1) is 23.4 Å². The summed E-state index contributed by atoms with van der Waals surface area (Å²) in [6, 6.07) is 1.10. The van der Waals surface area contributed by atoms with E-state index in [1.54, 1.807) is 23.7 Å². The highest BCUT2D eigenvalue weighted by Gasteiger charge is 2.31. The molecule has 9 nitrogen and oxygen atoms in total. The Labute approximate surface area is 187 Å². The number of primary amides is 1. The molecule has 1 aromatic carbocycles. The molecule has 0 aliphatic carbocycles. The molecule has 33 heavy (non-hydrogen) atoms. The molecule has 3 aromatic rings. The van der Waals surface area contributed by atoms with Crippen LogP contribution in [0.2, 0.25) is 0 Å². The summed E-state index contributed by atoms with van der Waals surface area (Å²) in [5.41, 5.74) is 5.66. The van der Waals surface area contributed by atoms with Crippen LogP contribution in [0.1, 0.15) is 34.1 Å². The molecule has 1 saturated heterocycles. The molecular weight excluding hydrogens is 432 g/mol. The number of carbonyl (C=O) groups is 2. The normalized spacial score (nSPS) is 15.4. The zero-order chi connectivity index (χ0) is 23.9. The van der Waals surface area contributed by atoms with E-state index < -0.39 is 17.5 Å². The Morgan fingerprint density at radius 3 is 2.76 bits per heavy atom. The third-order valence-electron chi connectivity index (χ3n) is 5.59. The largest absolute Gasteiger partial charge is 0.373 e. The molecule has 2 aromatic heterocycles. The number of nitrogens with zero attached hydrogens (tertiary/aromatic N) is 5. The zero-order valence-corrected chi connectivity index (χ0v) is 18.0. The second-order valence-corrected chi connectivity index (χ2v) is 7.59. The van der Waals surface area contributed by atoms with Crippen LogP contribution in [0.3, 0.4) is 0 Å². The molecule has 1 fully saturated rings. The van der Waals surface area contributed by atoms with Gasteiger partial charge >= 0.3 is 0 Å². The van der Waals surface area contributed by atoms with Crippen molar-refractivity contribution in [2.24, 2.45) is 12.8 Å². The molecular formula is C22H21F2N7O2. The first-order valence-corrected chi connectivity index (χ1v) is 10.1. The number of benzene rings is 1. The molecule has 170 valence electrons. The van der Waals surface area contributed by atoms with Crippen molar-refractivity contribution in [2.45, 2.75) is 12.5 Å². The van der Waals surface area contributed by atoms with E-state index in [2.05, 4.69) is 33.8 Å². The molecule has 2 amide bonds. The molecule has 11 heteroatoms. The second kappa shape index (κ2) is 8.38. The van der Waals surface area contributed by atoms with Crippen LogP contribution in [0.4, 0.5) is 14.6 Å². The van der Waals surface area contributed by atoms with Crippen LogP contribution < -0.4 is 11.1 Å². The maximum absolute atomic E-state index is 14.6. The first-order chi connectivity index (χ1) is 15.8. The van der Waals surface area contributed by atoms with Gasteiger partial charge in [0, 0.05) is 27.2 Å². The number of aromatic nitrogens is 4. The molecule has 0 radical (unpaired) electrons. The van der Waals surface area contributed by atoms with Gasteiger partial charge < -0.3 is 20.5 Å². The van der Waals surface area contributed by atoms with Gasteiger partial charge in [-0.25, -0.2) is 18.4 Å². The summed E-state index contributed by atoms with van der Waals surface area (Å²) in [6.45, 7) is 4.36. The van der Waals surface area contributed by atoms with Crippen molar-refractivity contribution in [3.05, 3.63) is 53.5 Å². The molecule has 1 atom stereocenters. The maximum Gasteiger partial charge on any atom is 0.255 e. The highest BCUT2D eigenvalue weighted by atomic mass is 19.2. The quantitative estimate of drug-likeness (QED) is 0.460. The lowest BCUT2D eigenvalue weighted by molar-refractivity contribution is -0.125. The molecule has 0 bridgehead atoms. The van der Waals surface area contributed by atoms with Crippen molar-refractivity contribution in [1.82, 2.24) is 24.2 Å². The molecule has 1 aliphatic rings. The molecule has 0 spiro atoms. The number of rotatable bonds is 4. The van der Waals surface area contributed by atoms with Gasteiger partial charge in [0.25, 0.3) is 5.91 Å². The number of hydrogen-bond acceptors (Lipinski definition) is 5. The minimum atomic E-state index is -1.12. The number of carbonyl (C=O) groups excluding carboxylic acids is 2. The van der Waals surface area contributed by atoms with E-state index in [1.807, 2.05) is 0 Å². The smallest absolute Gasteiger partial charge is 0.255 e. The second-order valence-electron chi connectivity index (χ2n) is 7.59. The standard InChI is InChI=1S/C22H21F2N7O2/c1-4-16(32)30-8-7-13(10-30)31-22(26-2)17(21(25)33)14(28-31)6-5-12-9-15-20(19(24)18(12)23)29(3)11-27-15/h4,9,11,13,26H,1,7-8,10H2,2-3H3,(H2,25,33). The number of hydrogen-bond donors (Lipinski definition) is 2. The van der Waals surface area contributed by atoms with Gasteiger partial charge in [-0.1, -0.05) is 12.5 Å². The molecule has 3 N–H and O–H groups in total. The lowest BCUT2D eigenvalue weighted by Gasteiger charge is -2.16. The van der Waals surface area contributed by atoms with Crippen LogP contribution in [0, 0.1) is 23.5 Å². The SMILES string of the molecule is C=CC(=O)N1CCC(n2nc(C#Cc3cc4ncn(C)c4c(F)c3F)c(C(N)=O)c2NC)C1. The van der Waals surface area contributed by atoms with E-state index >= 15 is 0 Å². The minimum Gasteiger partial charge on any atom is -0.373 e. The Morgan fingerprint density at radius 2 is 2.09 bits per heavy atom. The van der Waals surface area contributed by atoms with E-state index in [4.69, 9.17) is 5.73 Å². The van der Waals surface area contributed by atoms with Crippen molar-refractivity contribution >= 4 is 28.7 Å². The highest BCUT2D eigenvalue weighted by molar-refractivity contribution is 6.00. The number of likely N-dealkylation sites (tertiary alicyclic amines) is 1. The summed E-state index contributed by atoms with van der Waals surface area (Å²) < 4.78 is 32.0. The summed E-state index contributed by atoms with van der Waals surface area (Å²) in [5.74, 6) is 2.37. The Morgan fingerprint density at radius 1 is 1.33 bits per heavy atom. The fourth-order valence-corrected chi connectivity index (χ4v) is 3.99. The average molecular weight is 453 g/mol. The lowest BCUT2D eigenvalue weighted by Crippen LogP contribution is -2.27. The fourth-order valence-electron chi connectivity index (χ4n) is 3.99. The summed E-state index contributed by atoms with van der Waals surface area (Å²) in [7, 11) is 3.16. The molecule has 4 rings (SSSR count). The monoisotopic (exact) mass is 453 g/mol. The number of imidazole rings is 1. The number of nitrogens with two attached hydrogens (primary N) is 1. The van der Waals surface area contributed by atoms with Gasteiger partial charge in [-0.05, 0) is 24.5 Å². The maximum atomic E-state index is 14.6. The predicted molar refractivity (Wildman–Crippen MR) is 117 cm³/mol. The summed E-state index contributed by atoms with van der Waals surface area (Å²) in [5, 5.41) is 7.33. The van der Waals surface area contributed by atoms with Crippen molar-refractivity contribution in [3.8, 4) is 11.8 Å². The van der Waals surface area contributed by atoms with Crippen molar-refractivity contribution in [1.29, 1.82) is 0 Å². The lowest BCUT2D eigenvalue weighted by atomic mass is 10.1. The van der Waals surface area contributed by atoms with E-state index in [0.29, 0.717) is 25.3 Å². The number of halogens is 2. The van der Waals surface area contributed by atoms with E-state index in [0.717, 1.165) is 0 Å². The molecule has 3 heterocycles. The van der Waals surface area contributed by atoms with Crippen LogP contribution in [0.5, 0.6) is 0 Å². The third kappa shape index (κ3) is 3.69. The Kier molecular flexibility index (Phi) is 5.59. The van der Waals surface area contributed by atoms with Gasteiger partial charge in [0.15, 0.2) is 17.3 Å². The Balaban J connectivity index is 1.77. The molecule has 1 aliphatic heterocycles. The topological polar surface area (TPSA) is 111 Å².